The summed E-state index contributed by atoms with van der Waals surface area (Å²) in [6.07, 6.45) is 0.893. The fourth-order valence-electron chi connectivity index (χ4n) is 1.75. The molecule has 2 nitrogen and oxygen atoms in total. The second kappa shape index (κ2) is 3.97. The highest BCUT2D eigenvalue weighted by Gasteiger charge is 2.09. The average Bonchev–Trinajstić information content (AvgIpc) is 2.27. The molecular weight excluding hydrogens is 184 g/mol. The smallest absolute Gasteiger partial charge is 0.129 e. The van der Waals surface area contributed by atoms with Gasteiger partial charge in [0.1, 0.15) is 5.82 Å². The molecule has 0 aliphatic carbocycles. The lowest BCUT2D eigenvalue weighted by Crippen LogP contribution is -2.01. The molecular formula is C13H16N2. The van der Waals surface area contributed by atoms with Crippen LogP contribution in [0.15, 0.2) is 24.3 Å². The van der Waals surface area contributed by atoms with Crippen molar-refractivity contribution < 1.29 is 0 Å². The SMILES string of the molecule is CCc1nc(C(C)C)c2ccccc2n1. The number of aryl methyl sites for hydroxylation is 1. The molecule has 0 unspecified atom stereocenters. The van der Waals surface area contributed by atoms with E-state index in [-0.39, 0.29) is 0 Å². The molecule has 78 valence electrons. The van der Waals surface area contributed by atoms with Crippen LogP contribution in [0.2, 0.25) is 0 Å². The number of nitrogens with zero attached hydrogens (tertiary/aromatic N) is 2. The van der Waals surface area contributed by atoms with Crippen LogP contribution in [0.1, 0.15) is 38.2 Å². The van der Waals surface area contributed by atoms with Crippen molar-refractivity contribution in [2.75, 3.05) is 0 Å². The molecule has 0 spiro atoms. The summed E-state index contributed by atoms with van der Waals surface area (Å²) >= 11 is 0. The van der Waals surface area contributed by atoms with Crippen LogP contribution in [0.4, 0.5) is 0 Å². The van der Waals surface area contributed by atoms with Gasteiger partial charge in [-0.15, -0.1) is 0 Å². The average molecular weight is 200 g/mol. The summed E-state index contributed by atoms with van der Waals surface area (Å²) in [5.74, 6) is 1.39. The molecule has 0 aliphatic heterocycles. The van der Waals surface area contributed by atoms with Gasteiger partial charge in [0, 0.05) is 11.8 Å². The van der Waals surface area contributed by atoms with Gasteiger partial charge in [0.05, 0.1) is 11.2 Å². The molecule has 2 heteroatoms. The van der Waals surface area contributed by atoms with Gasteiger partial charge in [0.2, 0.25) is 0 Å². The van der Waals surface area contributed by atoms with E-state index in [0.717, 1.165) is 23.5 Å². The normalized spacial score (nSPS) is 11.2. The Morgan fingerprint density at radius 1 is 1.13 bits per heavy atom. The van der Waals surface area contributed by atoms with E-state index in [1.165, 1.54) is 5.39 Å². The van der Waals surface area contributed by atoms with Gasteiger partial charge in [-0.2, -0.15) is 0 Å². The maximum atomic E-state index is 4.61. The lowest BCUT2D eigenvalue weighted by molar-refractivity contribution is 0.803. The van der Waals surface area contributed by atoms with Crippen molar-refractivity contribution in [2.24, 2.45) is 0 Å². The predicted molar refractivity (Wildman–Crippen MR) is 63.0 cm³/mol. The molecule has 0 saturated heterocycles. The standard InChI is InChI=1S/C13H16N2/c1-4-12-14-11-8-6-5-7-10(11)13(15-12)9(2)3/h5-9H,4H2,1-3H3. The largest absolute Gasteiger partial charge is 0.237 e. The van der Waals surface area contributed by atoms with Crippen LogP contribution >= 0.6 is 0 Å². The van der Waals surface area contributed by atoms with Crippen molar-refractivity contribution in [3.05, 3.63) is 35.8 Å². The van der Waals surface area contributed by atoms with Gasteiger partial charge in [-0.05, 0) is 12.0 Å². The Morgan fingerprint density at radius 3 is 2.53 bits per heavy atom. The van der Waals surface area contributed by atoms with Crippen molar-refractivity contribution in [1.29, 1.82) is 0 Å². The maximum Gasteiger partial charge on any atom is 0.129 e. The lowest BCUT2D eigenvalue weighted by atomic mass is 10.0. The number of rotatable bonds is 2. The van der Waals surface area contributed by atoms with E-state index in [0.29, 0.717) is 5.92 Å². The molecule has 2 rings (SSSR count). The van der Waals surface area contributed by atoms with Crippen molar-refractivity contribution in [2.45, 2.75) is 33.1 Å². The molecule has 15 heavy (non-hydrogen) atoms. The zero-order valence-corrected chi connectivity index (χ0v) is 9.49. The molecule has 1 aromatic carbocycles. The van der Waals surface area contributed by atoms with Crippen LogP contribution in [-0.4, -0.2) is 9.97 Å². The molecule has 1 aromatic heterocycles. The first-order valence-electron chi connectivity index (χ1n) is 5.48. The number of fused-ring (bicyclic) bond motifs is 1. The Bertz CT molecular complexity index is 475. The molecule has 0 atom stereocenters. The Labute approximate surface area is 90.4 Å². The van der Waals surface area contributed by atoms with Gasteiger partial charge in [-0.1, -0.05) is 39.0 Å². The van der Waals surface area contributed by atoms with Gasteiger partial charge in [-0.25, -0.2) is 9.97 Å². The zero-order valence-electron chi connectivity index (χ0n) is 9.49. The Morgan fingerprint density at radius 2 is 1.87 bits per heavy atom. The van der Waals surface area contributed by atoms with Crippen LogP contribution in [0, 0.1) is 0 Å². The summed E-state index contributed by atoms with van der Waals surface area (Å²) in [5.41, 5.74) is 2.23. The second-order valence-electron chi connectivity index (χ2n) is 4.05. The first-order valence-corrected chi connectivity index (χ1v) is 5.48. The minimum absolute atomic E-state index is 0.447. The quantitative estimate of drug-likeness (QED) is 0.743. The lowest BCUT2D eigenvalue weighted by Gasteiger charge is -2.10. The summed E-state index contributed by atoms with van der Waals surface area (Å²) in [4.78, 5) is 9.13. The first kappa shape index (κ1) is 10.1. The van der Waals surface area contributed by atoms with Crippen molar-refractivity contribution in [3.8, 4) is 0 Å². The van der Waals surface area contributed by atoms with Crippen LogP contribution in [0.25, 0.3) is 10.9 Å². The van der Waals surface area contributed by atoms with Gasteiger partial charge in [0.25, 0.3) is 0 Å². The van der Waals surface area contributed by atoms with Crippen LogP contribution in [-0.2, 0) is 6.42 Å². The molecule has 0 amide bonds. The number of para-hydroxylation sites is 1. The highest BCUT2D eigenvalue weighted by atomic mass is 14.9. The number of benzene rings is 1. The highest BCUT2D eigenvalue weighted by Crippen LogP contribution is 2.22. The monoisotopic (exact) mass is 200 g/mol. The Balaban J connectivity index is 2.74. The molecule has 1 heterocycles. The Kier molecular flexibility index (Phi) is 2.67. The molecule has 0 fully saturated rings. The molecule has 0 N–H and O–H groups in total. The van der Waals surface area contributed by atoms with E-state index in [1.807, 2.05) is 12.1 Å². The maximum absolute atomic E-state index is 4.61. The molecule has 0 saturated carbocycles. The molecule has 0 radical (unpaired) electrons. The highest BCUT2D eigenvalue weighted by molar-refractivity contribution is 5.81. The second-order valence-corrected chi connectivity index (χ2v) is 4.05. The summed E-state index contributed by atoms with van der Waals surface area (Å²) in [6, 6.07) is 8.23. The van der Waals surface area contributed by atoms with E-state index >= 15 is 0 Å². The van der Waals surface area contributed by atoms with Crippen LogP contribution in [0.5, 0.6) is 0 Å². The molecule has 2 aromatic rings. The van der Waals surface area contributed by atoms with E-state index in [4.69, 9.17) is 0 Å². The van der Waals surface area contributed by atoms with Crippen molar-refractivity contribution in [3.63, 3.8) is 0 Å². The summed E-state index contributed by atoms with van der Waals surface area (Å²) < 4.78 is 0. The van der Waals surface area contributed by atoms with Gasteiger partial charge in [0.15, 0.2) is 0 Å². The predicted octanol–water partition coefficient (Wildman–Crippen LogP) is 3.32. The summed E-state index contributed by atoms with van der Waals surface area (Å²) in [6.45, 7) is 6.44. The van der Waals surface area contributed by atoms with E-state index in [1.54, 1.807) is 0 Å². The van der Waals surface area contributed by atoms with E-state index < -0.39 is 0 Å². The third-order valence-corrected chi connectivity index (χ3v) is 2.54. The van der Waals surface area contributed by atoms with Gasteiger partial charge < -0.3 is 0 Å². The van der Waals surface area contributed by atoms with Crippen LogP contribution in [0.3, 0.4) is 0 Å². The van der Waals surface area contributed by atoms with Gasteiger partial charge >= 0.3 is 0 Å². The molecule has 0 bridgehead atoms. The third-order valence-electron chi connectivity index (χ3n) is 2.54. The molecule has 0 aliphatic rings. The van der Waals surface area contributed by atoms with E-state index in [2.05, 4.69) is 42.9 Å². The number of aromatic nitrogens is 2. The number of hydrogen-bond donors (Lipinski definition) is 0. The third kappa shape index (κ3) is 1.84. The van der Waals surface area contributed by atoms with Crippen molar-refractivity contribution >= 4 is 10.9 Å². The van der Waals surface area contributed by atoms with Crippen molar-refractivity contribution in [1.82, 2.24) is 9.97 Å². The number of hydrogen-bond acceptors (Lipinski definition) is 2. The fourth-order valence-corrected chi connectivity index (χ4v) is 1.75. The first-order chi connectivity index (χ1) is 7.22. The minimum atomic E-state index is 0.447. The topological polar surface area (TPSA) is 25.8 Å². The summed E-state index contributed by atoms with van der Waals surface area (Å²) in [5, 5.41) is 1.18. The van der Waals surface area contributed by atoms with Gasteiger partial charge in [-0.3, -0.25) is 0 Å². The zero-order chi connectivity index (χ0) is 10.8. The Hall–Kier alpha value is -1.44. The van der Waals surface area contributed by atoms with E-state index in [9.17, 15) is 0 Å². The van der Waals surface area contributed by atoms with Crippen LogP contribution < -0.4 is 0 Å². The fraction of sp³-hybridized carbons (Fsp3) is 0.385. The minimum Gasteiger partial charge on any atom is -0.237 e. The summed E-state index contributed by atoms with van der Waals surface area (Å²) in [7, 11) is 0.